The summed E-state index contributed by atoms with van der Waals surface area (Å²) in [5.41, 5.74) is 3.75. The second kappa shape index (κ2) is 9.56. The van der Waals surface area contributed by atoms with Crippen LogP contribution in [0.15, 0.2) is 48.8 Å². The fraction of sp³-hybridized carbons (Fsp3) is 0.143. The van der Waals surface area contributed by atoms with E-state index in [1.165, 1.54) is 6.21 Å². The molecule has 2 amide bonds. The van der Waals surface area contributed by atoms with Gasteiger partial charge in [-0.2, -0.15) is 0 Å². The van der Waals surface area contributed by atoms with Gasteiger partial charge < -0.3 is 16.0 Å². The van der Waals surface area contributed by atoms with Crippen LogP contribution in [0.1, 0.15) is 29.8 Å². The lowest BCUT2D eigenvalue weighted by atomic mass is 10.1. The SMILES string of the molecule is Cc1cc(Nc2cnc(NC(=O)NC(C)c3ccc(Cl)c(Cl)c3)cc2C=N)ccn1. The Kier molecular flexibility index (Phi) is 6.87. The molecule has 0 aliphatic rings. The van der Waals surface area contributed by atoms with E-state index in [-0.39, 0.29) is 6.04 Å². The largest absolute Gasteiger partial charge is 0.354 e. The molecule has 0 saturated carbocycles. The molecule has 4 N–H and O–H groups in total. The van der Waals surface area contributed by atoms with Crippen molar-refractivity contribution in [1.82, 2.24) is 15.3 Å². The second-order valence-electron chi connectivity index (χ2n) is 6.61. The summed E-state index contributed by atoms with van der Waals surface area (Å²) >= 11 is 12.0. The van der Waals surface area contributed by atoms with Gasteiger partial charge in [0.2, 0.25) is 0 Å². The van der Waals surface area contributed by atoms with Crippen molar-refractivity contribution in [3.05, 3.63) is 75.7 Å². The zero-order chi connectivity index (χ0) is 21.7. The minimum atomic E-state index is -0.428. The van der Waals surface area contributed by atoms with E-state index in [4.69, 9.17) is 28.6 Å². The van der Waals surface area contributed by atoms with Gasteiger partial charge in [-0.15, -0.1) is 0 Å². The Hall–Kier alpha value is -3.16. The molecule has 9 heteroatoms. The predicted octanol–water partition coefficient (Wildman–Crippen LogP) is 5.72. The van der Waals surface area contributed by atoms with Gasteiger partial charge >= 0.3 is 6.03 Å². The summed E-state index contributed by atoms with van der Waals surface area (Å²) in [6.45, 7) is 3.73. The highest BCUT2D eigenvalue weighted by Gasteiger charge is 2.12. The van der Waals surface area contributed by atoms with E-state index in [2.05, 4.69) is 25.9 Å². The number of carbonyl (C=O) groups excluding carboxylic acids is 1. The van der Waals surface area contributed by atoms with Crippen LogP contribution < -0.4 is 16.0 Å². The maximum Gasteiger partial charge on any atom is 0.320 e. The smallest absolute Gasteiger partial charge is 0.320 e. The first-order chi connectivity index (χ1) is 14.4. The fourth-order valence-electron chi connectivity index (χ4n) is 2.76. The summed E-state index contributed by atoms with van der Waals surface area (Å²) in [5.74, 6) is 0.323. The van der Waals surface area contributed by atoms with Crippen LogP contribution in [0.2, 0.25) is 10.0 Å². The van der Waals surface area contributed by atoms with Crippen LogP contribution in [-0.4, -0.2) is 22.2 Å². The van der Waals surface area contributed by atoms with E-state index in [0.29, 0.717) is 27.1 Å². The number of hydrogen-bond acceptors (Lipinski definition) is 5. The summed E-state index contributed by atoms with van der Waals surface area (Å²) in [6.07, 6.45) is 4.46. The molecule has 1 aromatic carbocycles. The maximum absolute atomic E-state index is 12.4. The number of amides is 2. The third kappa shape index (κ3) is 5.46. The average molecular weight is 443 g/mol. The molecular weight excluding hydrogens is 423 g/mol. The van der Waals surface area contributed by atoms with Crippen molar-refractivity contribution < 1.29 is 4.79 Å². The molecule has 1 unspecified atom stereocenters. The Morgan fingerprint density at radius 1 is 1.13 bits per heavy atom. The van der Waals surface area contributed by atoms with Crippen LogP contribution in [0.5, 0.6) is 0 Å². The Morgan fingerprint density at radius 2 is 1.93 bits per heavy atom. The number of rotatable bonds is 6. The molecule has 154 valence electrons. The molecule has 0 aliphatic heterocycles. The quantitative estimate of drug-likeness (QED) is 0.366. The van der Waals surface area contributed by atoms with Gasteiger partial charge in [-0.05, 0) is 49.7 Å². The minimum absolute atomic E-state index is 0.294. The van der Waals surface area contributed by atoms with E-state index in [1.54, 1.807) is 36.7 Å². The van der Waals surface area contributed by atoms with Crippen molar-refractivity contribution in [2.45, 2.75) is 19.9 Å². The standard InChI is InChI=1S/C21H20Cl2N6O/c1-12-7-16(5-6-25-12)28-19-11-26-20(9-15(19)10-24)29-21(30)27-13(2)14-3-4-17(22)18(23)8-14/h3-11,13,24H,1-2H3,(H,25,28)(H2,26,27,29,30). The van der Waals surface area contributed by atoms with Gasteiger partial charge in [-0.3, -0.25) is 10.3 Å². The molecule has 0 radical (unpaired) electrons. The normalized spacial score (nSPS) is 11.5. The summed E-state index contributed by atoms with van der Waals surface area (Å²) in [6, 6.07) is 9.80. The molecule has 1 atom stereocenters. The lowest BCUT2D eigenvalue weighted by molar-refractivity contribution is 0.249. The van der Waals surface area contributed by atoms with E-state index in [9.17, 15) is 4.79 Å². The number of benzene rings is 1. The number of nitrogens with zero attached hydrogens (tertiary/aromatic N) is 2. The Morgan fingerprint density at radius 3 is 2.63 bits per heavy atom. The fourth-order valence-corrected chi connectivity index (χ4v) is 3.06. The number of carbonyl (C=O) groups is 1. The number of hydrogen-bond donors (Lipinski definition) is 4. The molecule has 7 nitrogen and oxygen atoms in total. The minimum Gasteiger partial charge on any atom is -0.354 e. The van der Waals surface area contributed by atoms with Crippen LogP contribution >= 0.6 is 23.2 Å². The third-order valence-electron chi connectivity index (χ3n) is 4.30. The molecule has 0 saturated heterocycles. The van der Waals surface area contributed by atoms with Crippen LogP contribution in [0.4, 0.5) is 22.0 Å². The molecule has 0 fully saturated rings. The second-order valence-corrected chi connectivity index (χ2v) is 7.42. The van der Waals surface area contributed by atoms with E-state index >= 15 is 0 Å². The Bertz CT molecular complexity index is 1090. The number of anilines is 3. The first-order valence-electron chi connectivity index (χ1n) is 9.08. The third-order valence-corrected chi connectivity index (χ3v) is 5.04. The monoisotopic (exact) mass is 442 g/mol. The van der Waals surface area contributed by atoms with Crippen molar-refractivity contribution in [1.29, 1.82) is 5.41 Å². The zero-order valence-corrected chi connectivity index (χ0v) is 17.8. The van der Waals surface area contributed by atoms with Gasteiger partial charge in [-0.25, -0.2) is 9.78 Å². The molecular formula is C21H20Cl2N6O. The number of urea groups is 1. The number of halogens is 2. The van der Waals surface area contributed by atoms with Gasteiger partial charge in [0.05, 0.1) is 28.0 Å². The number of aryl methyl sites for hydroxylation is 1. The summed E-state index contributed by atoms with van der Waals surface area (Å²) in [4.78, 5) is 20.8. The highest BCUT2D eigenvalue weighted by Crippen LogP contribution is 2.26. The predicted molar refractivity (Wildman–Crippen MR) is 121 cm³/mol. The van der Waals surface area contributed by atoms with Crippen LogP contribution in [0.3, 0.4) is 0 Å². The molecule has 3 rings (SSSR count). The number of pyridine rings is 2. The van der Waals surface area contributed by atoms with Gasteiger partial charge in [0.15, 0.2) is 0 Å². The van der Waals surface area contributed by atoms with Crippen LogP contribution in [-0.2, 0) is 0 Å². The van der Waals surface area contributed by atoms with Crippen molar-refractivity contribution in [3.8, 4) is 0 Å². The molecule has 30 heavy (non-hydrogen) atoms. The highest BCUT2D eigenvalue weighted by atomic mass is 35.5. The van der Waals surface area contributed by atoms with Crippen LogP contribution in [0.25, 0.3) is 0 Å². The molecule has 2 heterocycles. The van der Waals surface area contributed by atoms with Crippen molar-refractivity contribution >= 4 is 52.6 Å². The van der Waals surface area contributed by atoms with E-state index in [1.807, 2.05) is 26.0 Å². The topological polar surface area (TPSA) is 103 Å². The van der Waals surface area contributed by atoms with Crippen molar-refractivity contribution in [3.63, 3.8) is 0 Å². The van der Waals surface area contributed by atoms with Crippen molar-refractivity contribution in [2.24, 2.45) is 0 Å². The van der Waals surface area contributed by atoms with E-state index < -0.39 is 6.03 Å². The van der Waals surface area contributed by atoms with Gasteiger partial charge in [0.1, 0.15) is 5.82 Å². The summed E-state index contributed by atoms with van der Waals surface area (Å²) in [5, 5.41) is 17.3. The summed E-state index contributed by atoms with van der Waals surface area (Å²) < 4.78 is 0. The Balaban J connectivity index is 1.67. The average Bonchev–Trinajstić information content (AvgIpc) is 2.71. The lowest BCUT2D eigenvalue weighted by Gasteiger charge is -2.16. The van der Waals surface area contributed by atoms with Crippen molar-refractivity contribution in [2.75, 3.05) is 10.6 Å². The molecule has 0 aliphatic carbocycles. The number of nitrogens with one attached hydrogen (secondary N) is 4. The first-order valence-corrected chi connectivity index (χ1v) is 9.84. The maximum atomic E-state index is 12.4. The van der Waals surface area contributed by atoms with E-state index in [0.717, 1.165) is 16.9 Å². The number of aromatic nitrogens is 2. The van der Waals surface area contributed by atoms with Gasteiger partial charge in [0, 0.05) is 29.4 Å². The summed E-state index contributed by atoms with van der Waals surface area (Å²) in [7, 11) is 0. The highest BCUT2D eigenvalue weighted by molar-refractivity contribution is 6.42. The molecule has 0 spiro atoms. The molecule has 2 aromatic heterocycles. The zero-order valence-electron chi connectivity index (χ0n) is 16.3. The lowest BCUT2D eigenvalue weighted by Crippen LogP contribution is -2.31. The van der Waals surface area contributed by atoms with Crippen LogP contribution in [0, 0.1) is 12.3 Å². The van der Waals surface area contributed by atoms with Gasteiger partial charge in [-0.1, -0.05) is 29.3 Å². The first kappa shape index (κ1) is 21.5. The van der Waals surface area contributed by atoms with Gasteiger partial charge in [0.25, 0.3) is 0 Å². The molecule has 3 aromatic rings. The molecule has 0 bridgehead atoms. The Labute approximate surface area is 184 Å².